The van der Waals surface area contributed by atoms with Crippen molar-refractivity contribution >= 4 is 39.4 Å². The number of hydrogen-bond donors (Lipinski definition) is 6. The molecular weight excluding hydrogens is 705 g/mol. The number of halogens is 3. The molecule has 1 heterocycles. The van der Waals surface area contributed by atoms with Gasteiger partial charge >= 0.3 is 12.2 Å². The fourth-order valence-corrected chi connectivity index (χ4v) is 5.79. The van der Waals surface area contributed by atoms with E-state index in [1.54, 1.807) is 25.1 Å². The first-order chi connectivity index (χ1) is 24.4. The van der Waals surface area contributed by atoms with Crippen LogP contribution in [0.15, 0.2) is 60.2 Å². The number of aliphatic hydroxyl groups excluding tert-OH is 1. The van der Waals surface area contributed by atoms with Gasteiger partial charge in [-0.25, -0.2) is 8.42 Å². The van der Waals surface area contributed by atoms with Gasteiger partial charge in [0.1, 0.15) is 6.23 Å². The predicted molar refractivity (Wildman–Crippen MR) is 191 cm³/mol. The summed E-state index contributed by atoms with van der Waals surface area (Å²) in [5.74, 6) is -0.947. The lowest BCUT2D eigenvalue weighted by Crippen LogP contribution is -2.51. The van der Waals surface area contributed by atoms with Crippen molar-refractivity contribution in [1.29, 1.82) is 0 Å². The van der Waals surface area contributed by atoms with E-state index < -0.39 is 63.7 Å². The van der Waals surface area contributed by atoms with Crippen LogP contribution in [0.5, 0.6) is 6.01 Å². The summed E-state index contributed by atoms with van der Waals surface area (Å²) < 4.78 is 70.1. The maximum atomic E-state index is 12.9. The van der Waals surface area contributed by atoms with Crippen LogP contribution < -0.4 is 30.7 Å². The van der Waals surface area contributed by atoms with Crippen molar-refractivity contribution in [3.8, 4) is 6.01 Å². The molecule has 2 amide bonds. The van der Waals surface area contributed by atoms with Gasteiger partial charge in [0.25, 0.3) is 5.91 Å². The van der Waals surface area contributed by atoms with Crippen LogP contribution in [0, 0.1) is 0 Å². The summed E-state index contributed by atoms with van der Waals surface area (Å²) in [5, 5.41) is 20.8. The summed E-state index contributed by atoms with van der Waals surface area (Å²) in [7, 11) is -3.75. The largest absolute Gasteiger partial charge is 0.454 e. The van der Waals surface area contributed by atoms with Gasteiger partial charge in [-0.05, 0) is 83.2 Å². The van der Waals surface area contributed by atoms with Crippen LogP contribution in [0.3, 0.4) is 0 Å². The van der Waals surface area contributed by atoms with Gasteiger partial charge in [0.2, 0.25) is 27.8 Å². The van der Waals surface area contributed by atoms with Crippen LogP contribution in [0.1, 0.15) is 77.1 Å². The standard InChI is InChI=1S/C34H47F3N8O6S/c1-7-22(5)52(49,50)45-28(47)23(6)39-27(46)10-9-19-38-29(48)24-12-15-26(16-13-24)40-30-41-31(43-32(42-30)51-20-34(35,36)37)44-33(17-18-33)25(8-2)14-11-21(3)4/h8,11-16,22-23,28,45,47H,2,7,9-10,17-20H2,1,3-6H3,(H,38,48)(H,39,46)(H2,40,41,42,43,44)/b25-14+/t22?,23-,28?/m0/s1. The monoisotopic (exact) mass is 752 g/mol. The van der Waals surface area contributed by atoms with Gasteiger partial charge in [-0.3, -0.25) is 9.59 Å². The molecule has 3 rings (SSSR count). The summed E-state index contributed by atoms with van der Waals surface area (Å²) in [6, 6.07) is 4.71. The maximum Gasteiger partial charge on any atom is 0.422 e. The Kier molecular flexibility index (Phi) is 14.7. The molecule has 1 aromatic carbocycles. The molecule has 0 saturated heterocycles. The quantitative estimate of drug-likeness (QED) is 0.0627. The zero-order valence-electron chi connectivity index (χ0n) is 29.8. The van der Waals surface area contributed by atoms with Crippen molar-refractivity contribution in [3.63, 3.8) is 0 Å². The molecule has 1 aromatic heterocycles. The van der Waals surface area contributed by atoms with E-state index >= 15 is 0 Å². The highest BCUT2D eigenvalue weighted by Crippen LogP contribution is 2.45. The molecule has 1 saturated carbocycles. The minimum atomic E-state index is -4.61. The third kappa shape index (κ3) is 13.2. The molecule has 6 N–H and O–H groups in total. The Hall–Kier alpha value is -4.55. The van der Waals surface area contributed by atoms with Gasteiger partial charge in [0.05, 0.1) is 16.8 Å². The second-order valence-electron chi connectivity index (χ2n) is 12.7. The number of hydrogen-bond acceptors (Lipinski definition) is 11. The van der Waals surface area contributed by atoms with E-state index in [0.717, 1.165) is 24.0 Å². The Labute approximate surface area is 301 Å². The number of alkyl halides is 3. The molecule has 52 heavy (non-hydrogen) atoms. The van der Waals surface area contributed by atoms with E-state index in [1.807, 2.05) is 26.0 Å². The first-order valence-corrected chi connectivity index (χ1v) is 18.3. The van der Waals surface area contributed by atoms with Crippen molar-refractivity contribution in [3.05, 3.63) is 65.8 Å². The normalized spacial score (nSPS) is 15.8. The molecule has 14 nitrogen and oxygen atoms in total. The van der Waals surface area contributed by atoms with Gasteiger partial charge in [-0.15, -0.1) is 0 Å². The molecule has 286 valence electrons. The number of sulfonamides is 1. The van der Waals surface area contributed by atoms with Crippen LogP contribution in [0.25, 0.3) is 0 Å². The van der Waals surface area contributed by atoms with Crippen LogP contribution in [0.2, 0.25) is 0 Å². The molecule has 2 unspecified atom stereocenters. The first-order valence-electron chi connectivity index (χ1n) is 16.7. The molecule has 1 fully saturated rings. The van der Waals surface area contributed by atoms with E-state index in [1.165, 1.54) is 26.0 Å². The Morgan fingerprint density at radius 2 is 1.73 bits per heavy atom. The number of ether oxygens (including phenoxy) is 1. The minimum absolute atomic E-state index is 0.00124. The molecule has 0 spiro atoms. The number of aliphatic hydroxyl groups is 1. The van der Waals surface area contributed by atoms with Gasteiger partial charge in [0, 0.05) is 24.2 Å². The first kappa shape index (κ1) is 41.9. The smallest absolute Gasteiger partial charge is 0.422 e. The number of nitrogens with one attached hydrogen (secondary N) is 5. The molecule has 0 radical (unpaired) electrons. The van der Waals surface area contributed by atoms with Gasteiger partial charge < -0.3 is 31.1 Å². The van der Waals surface area contributed by atoms with Crippen molar-refractivity contribution in [1.82, 2.24) is 30.3 Å². The van der Waals surface area contributed by atoms with Crippen molar-refractivity contribution in [2.24, 2.45) is 0 Å². The van der Waals surface area contributed by atoms with E-state index in [9.17, 15) is 36.3 Å². The molecule has 18 heteroatoms. The summed E-state index contributed by atoms with van der Waals surface area (Å²) in [6.45, 7) is 11.0. The molecule has 3 atom stereocenters. The average Bonchev–Trinajstić information content (AvgIpc) is 3.84. The van der Waals surface area contributed by atoms with E-state index in [-0.39, 0.29) is 31.3 Å². The molecule has 2 aromatic rings. The summed E-state index contributed by atoms with van der Waals surface area (Å²) in [5.41, 5.74) is 2.11. The second-order valence-corrected chi connectivity index (χ2v) is 14.8. The molecule has 1 aliphatic carbocycles. The average molecular weight is 753 g/mol. The van der Waals surface area contributed by atoms with E-state index in [4.69, 9.17) is 4.74 Å². The number of carbonyl (C=O) groups is 2. The Morgan fingerprint density at radius 3 is 2.31 bits per heavy atom. The summed E-state index contributed by atoms with van der Waals surface area (Å²) in [6.07, 6.45) is 1.51. The number of rotatable bonds is 20. The lowest BCUT2D eigenvalue weighted by molar-refractivity contribution is -0.154. The highest BCUT2D eigenvalue weighted by molar-refractivity contribution is 7.90. The fraction of sp³-hybridized carbons (Fsp3) is 0.500. The Morgan fingerprint density at radius 1 is 1.08 bits per heavy atom. The van der Waals surface area contributed by atoms with Crippen LogP contribution in [-0.2, 0) is 14.8 Å². The molecule has 0 bridgehead atoms. The van der Waals surface area contributed by atoms with Gasteiger partial charge in [-0.2, -0.15) is 32.8 Å². The topological polar surface area (TPSA) is 197 Å². The number of nitrogens with zero attached hydrogens (tertiary/aromatic N) is 3. The number of benzene rings is 1. The number of allylic oxidation sites excluding steroid dienone is 3. The lowest BCUT2D eigenvalue weighted by atomic mass is 10.0. The number of anilines is 3. The van der Waals surface area contributed by atoms with Crippen LogP contribution in [0.4, 0.5) is 30.8 Å². The summed E-state index contributed by atoms with van der Waals surface area (Å²) in [4.78, 5) is 37.4. The summed E-state index contributed by atoms with van der Waals surface area (Å²) >= 11 is 0. The molecular formula is C34H47F3N8O6S. The number of aromatic nitrogens is 3. The zero-order valence-corrected chi connectivity index (χ0v) is 30.6. The number of amides is 2. The fourth-order valence-electron chi connectivity index (χ4n) is 4.58. The highest BCUT2D eigenvalue weighted by Gasteiger charge is 2.45. The Balaban J connectivity index is 1.58. The minimum Gasteiger partial charge on any atom is -0.454 e. The van der Waals surface area contributed by atoms with E-state index in [0.29, 0.717) is 17.7 Å². The van der Waals surface area contributed by atoms with Crippen molar-refractivity contribution < 1.29 is 41.0 Å². The second kappa shape index (κ2) is 18.3. The van der Waals surface area contributed by atoms with Crippen LogP contribution in [-0.4, -0.2) is 82.7 Å². The number of carbonyl (C=O) groups excluding carboxylic acids is 2. The molecule has 0 aliphatic heterocycles. The third-order valence-electron chi connectivity index (χ3n) is 7.97. The Bertz CT molecular complexity index is 1730. The molecule has 1 aliphatic rings. The van der Waals surface area contributed by atoms with Crippen molar-refractivity contribution in [2.45, 2.75) is 96.0 Å². The van der Waals surface area contributed by atoms with E-state index in [2.05, 4.69) is 47.5 Å². The maximum absolute atomic E-state index is 12.9. The third-order valence-corrected chi connectivity index (χ3v) is 9.93. The predicted octanol–water partition coefficient (Wildman–Crippen LogP) is 4.63. The zero-order chi connectivity index (χ0) is 38.7. The van der Waals surface area contributed by atoms with Crippen LogP contribution >= 0.6 is 0 Å². The SMILES string of the molecule is C=C/C(=C\C=C(C)C)C1(Nc2nc(Nc3ccc(C(=O)NCCCC(=O)N[C@@H](C)C(O)NS(=O)(=O)C(C)CC)cc3)nc(OCC(F)(F)F)n2)CC1. The highest BCUT2D eigenvalue weighted by atomic mass is 32.2. The van der Waals surface area contributed by atoms with Crippen molar-refractivity contribution in [2.75, 3.05) is 23.8 Å². The van der Waals surface area contributed by atoms with Gasteiger partial charge in [0.15, 0.2) is 6.61 Å². The van der Waals surface area contributed by atoms with Gasteiger partial charge in [-0.1, -0.05) is 37.3 Å². The lowest BCUT2D eigenvalue weighted by Gasteiger charge is -2.23.